The molecular weight excluding hydrogens is 352 g/mol. The van der Waals surface area contributed by atoms with Crippen LogP contribution in [0.1, 0.15) is 12.5 Å². The predicted octanol–water partition coefficient (Wildman–Crippen LogP) is 0.774. The summed E-state index contributed by atoms with van der Waals surface area (Å²) in [6.45, 7) is 2.16. The fourth-order valence-corrected chi connectivity index (χ4v) is 1.07. The van der Waals surface area contributed by atoms with Crippen LogP contribution in [-0.4, -0.2) is 12.8 Å². The van der Waals surface area contributed by atoms with Crippen molar-refractivity contribution in [1.82, 2.24) is 0 Å². The molecule has 0 saturated heterocycles. The molecule has 0 bridgehead atoms. The van der Waals surface area contributed by atoms with Crippen LogP contribution in [-0.2, 0) is 36.7 Å². The van der Waals surface area contributed by atoms with Gasteiger partial charge in [0.25, 0.3) is 0 Å². The van der Waals surface area contributed by atoms with Gasteiger partial charge in [-0.15, -0.1) is 0 Å². The van der Waals surface area contributed by atoms with Gasteiger partial charge in [-0.25, -0.2) is 12.1 Å². The number of hydrogen-bond acceptors (Lipinski definition) is 3. The average molecular weight is 361 g/mol. The summed E-state index contributed by atoms with van der Waals surface area (Å²) in [6.07, 6.45) is 1.16. The van der Waals surface area contributed by atoms with E-state index in [-0.39, 0.29) is 0 Å². The van der Waals surface area contributed by atoms with Gasteiger partial charge in [-0.1, -0.05) is 13.3 Å². The molecule has 74 valence electrons. The van der Waals surface area contributed by atoms with Crippen molar-refractivity contribution in [3.8, 4) is 0 Å². The fourth-order valence-electron chi connectivity index (χ4n) is 0.701. The second kappa shape index (κ2) is 8.38. The first kappa shape index (κ1) is 12.8. The van der Waals surface area contributed by atoms with E-state index < -0.39 is 15.9 Å². The first-order valence-corrected chi connectivity index (χ1v) is 8.26. The minimum atomic E-state index is -3.05. The molecule has 1 rings (SSSR count). The standard InChI is InChI=1S/C7H9.3CO.W/c1-2-7-5-3-4-6-7;3*1-2;/h3-6H,2H2,1H3;;;;/q-1;;;;. The first-order chi connectivity index (χ1) is 6.78. The Morgan fingerprint density at radius 2 is 1.50 bits per heavy atom. The summed E-state index contributed by atoms with van der Waals surface area (Å²) in [5, 5.41) is 0. The molecule has 4 heteroatoms. The third-order valence-corrected chi connectivity index (χ3v) is 3.19. The van der Waals surface area contributed by atoms with Crippen molar-refractivity contribution < 1.29 is 30.3 Å². The van der Waals surface area contributed by atoms with Gasteiger partial charge in [0.1, 0.15) is 0 Å². The second-order valence-corrected chi connectivity index (χ2v) is 6.20. The molecule has 1 aromatic carbocycles. The van der Waals surface area contributed by atoms with Gasteiger partial charge in [-0.2, -0.15) is 17.7 Å². The van der Waals surface area contributed by atoms with Gasteiger partial charge in [-0.05, 0) is 0 Å². The Kier molecular flexibility index (Phi) is 7.65. The van der Waals surface area contributed by atoms with Crippen molar-refractivity contribution in [3.63, 3.8) is 0 Å². The Morgan fingerprint density at radius 3 is 1.64 bits per heavy atom. The fraction of sp³-hybridized carbons (Fsp3) is 0.200. The Hall–Kier alpha value is -1.22. The molecule has 0 aliphatic heterocycles. The van der Waals surface area contributed by atoms with E-state index in [1.807, 2.05) is 0 Å². The topological polar surface area (TPSA) is 51.2 Å². The van der Waals surface area contributed by atoms with Crippen molar-refractivity contribution >= 4 is 12.8 Å². The van der Waals surface area contributed by atoms with E-state index in [4.69, 9.17) is 0 Å². The zero-order chi connectivity index (χ0) is 10.8. The van der Waals surface area contributed by atoms with Crippen molar-refractivity contribution in [2.75, 3.05) is 0 Å². The molecule has 0 amide bonds. The maximum atomic E-state index is 9.40. The second-order valence-electron chi connectivity index (χ2n) is 2.20. The van der Waals surface area contributed by atoms with E-state index in [1.165, 1.54) is 18.4 Å². The molecule has 0 N–H and O–H groups in total. The monoisotopic (exact) mass is 361 g/mol. The number of carbonyl (C=O) groups excluding carboxylic acids is 3. The van der Waals surface area contributed by atoms with Crippen LogP contribution < -0.4 is 0 Å². The molecule has 0 aliphatic carbocycles. The number of hydrogen-bond donors (Lipinski definition) is 0. The van der Waals surface area contributed by atoms with Crippen molar-refractivity contribution in [3.05, 3.63) is 29.8 Å². The van der Waals surface area contributed by atoms with E-state index >= 15 is 0 Å². The number of rotatable bonds is 1. The molecule has 0 fully saturated rings. The third-order valence-electron chi connectivity index (χ3n) is 1.39. The molecule has 3 nitrogen and oxygen atoms in total. The SMILES string of the molecule is CC[c-]1cccc1.O=[C]=[W](=[C]=O)=[C]=O. The summed E-state index contributed by atoms with van der Waals surface area (Å²) in [6, 6.07) is 8.41. The third kappa shape index (κ3) is 5.43. The van der Waals surface area contributed by atoms with E-state index in [0.29, 0.717) is 0 Å². The van der Waals surface area contributed by atoms with Crippen LogP contribution in [0.5, 0.6) is 0 Å². The van der Waals surface area contributed by atoms with Crippen LogP contribution in [0, 0.1) is 0 Å². The van der Waals surface area contributed by atoms with Gasteiger partial charge in [0.15, 0.2) is 0 Å². The van der Waals surface area contributed by atoms with E-state index in [0.717, 1.165) is 6.42 Å². The van der Waals surface area contributed by atoms with Crippen molar-refractivity contribution in [1.29, 1.82) is 0 Å². The molecule has 0 atom stereocenters. The zero-order valence-corrected chi connectivity index (χ0v) is 10.6. The molecule has 0 aromatic heterocycles. The minimum absolute atomic E-state index is 1.16. The van der Waals surface area contributed by atoms with Crippen molar-refractivity contribution in [2.45, 2.75) is 13.3 Å². The van der Waals surface area contributed by atoms with Gasteiger partial charge in [-0.3, -0.25) is 0 Å². The van der Waals surface area contributed by atoms with Gasteiger partial charge < -0.3 is 0 Å². The van der Waals surface area contributed by atoms with Crippen LogP contribution in [0.25, 0.3) is 0 Å². The van der Waals surface area contributed by atoms with Crippen molar-refractivity contribution in [2.24, 2.45) is 0 Å². The van der Waals surface area contributed by atoms with Crippen LogP contribution in [0.2, 0.25) is 0 Å². The molecule has 0 radical (unpaired) electrons. The molecular formula is C10H9O3W-. The Balaban J connectivity index is 0.000000241. The van der Waals surface area contributed by atoms with Gasteiger partial charge >= 0.3 is 43.1 Å². The molecule has 0 unspecified atom stereocenters. The summed E-state index contributed by atoms with van der Waals surface area (Å²) < 4.78 is 3.90. The molecule has 0 heterocycles. The normalized spacial score (nSPS) is 7.21. The Labute approximate surface area is 86.4 Å². The number of aryl methyl sites for hydroxylation is 1. The van der Waals surface area contributed by atoms with Crippen LogP contribution in [0.3, 0.4) is 0 Å². The molecule has 14 heavy (non-hydrogen) atoms. The zero-order valence-electron chi connectivity index (χ0n) is 7.65. The van der Waals surface area contributed by atoms with E-state index in [2.05, 4.69) is 31.2 Å². The van der Waals surface area contributed by atoms with E-state index in [9.17, 15) is 14.4 Å². The van der Waals surface area contributed by atoms with Gasteiger partial charge in [0, 0.05) is 0 Å². The van der Waals surface area contributed by atoms with Gasteiger partial charge in [0.2, 0.25) is 0 Å². The quantitative estimate of drug-likeness (QED) is 0.695. The predicted molar refractivity (Wildman–Crippen MR) is 48.5 cm³/mol. The summed E-state index contributed by atoms with van der Waals surface area (Å²) >= 11 is -3.05. The average Bonchev–Trinajstić information content (AvgIpc) is 2.74. The van der Waals surface area contributed by atoms with Gasteiger partial charge in [0.05, 0.1) is 0 Å². The molecule has 0 aliphatic rings. The summed E-state index contributed by atoms with van der Waals surface area (Å²) in [4.78, 5) is 28.2. The molecule has 0 saturated carbocycles. The maximum absolute atomic E-state index is 9.40. The Morgan fingerprint density at radius 1 is 1.07 bits per heavy atom. The van der Waals surface area contributed by atoms with Crippen LogP contribution >= 0.6 is 0 Å². The van der Waals surface area contributed by atoms with Crippen LogP contribution in [0.4, 0.5) is 0 Å². The van der Waals surface area contributed by atoms with Crippen LogP contribution in [0.15, 0.2) is 24.3 Å². The molecule has 1 aromatic rings. The summed E-state index contributed by atoms with van der Waals surface area (Å²) in [5.41, 5.74) is 1.43. The summed E-state index contributed by atoms with van der Waals surface area (Å²) in [7, 11) is 0. The van der Waals surface area contributed by atoms with E-state index in [1.54, 1.807) is 0 Å². The summed E-state index contributed by atoms with van der Waals surface area (Å²) in [5.74, 6) is 0. The molecule has 0 spiro atoms. The Bertz CT molecular complexity index is 418. The first-order valence-electron chi connectivity index (χ1n) is 3.86.